The Hall–Kier alpha value is -1.65. The first kappa shape index (κ1) is 12.4. The smallest absolute Gasteiger partial charge is 0.266 e. The molecule has 1 heterocycles. The second-order valence-corrected chi connectivity index (χ2v) is 5.44. The van der Waals surface area contributed by atoms with Crippen LogP contribution in [0.2, 0.25) is 0 Å². The monoisotopic (exact) mass is 331 g/mol. The van der Waals surface area contributed by atoms with Crippen LogP contribution in [0.15, 0.2) is 63.7 Å². The van der Waals surface area contributed by atoms with Crippen LogP contribution < -0.4 is 0 Å². The van der Waals surface area contributed by atoms with Crippen molar-refractivity contribution in [2.45, 2.75) is 0 Å². The van der Waals surface area contributed by atoms with E-state index in [4.69, 9.17) is 16.6 Å². The Morgan fingerprint density at radius 2 is 1.63 bits per heavy atom. The molecule has 0 aliphatic heterocycles. The minimum absolute atomic E-state index is 0.411. The first-order chi connectivity index (χ1) is 9.22. The Morgan fingerprint density at radius 3 is 2.11 bits per heavy atom. The molecule has 4 heteroatoms. The number of H-pyrrole nitrogens is 1. The summed E-state index contributed by atoms with van der Waals surface area (Å²) >= 11 is 8.16. The van der Waals surface area contributed by atoms with Gasteiger partial charge in [0.2, 0.25) is 0 Å². The van der Waals surface area contributed by atoms with Crippen molar-refractivity contribution in [2.24, 2.45) is 0 Å². The normalized spacial score (nSPS) is 10.6. The molecule has 1 aromatic carbocycles. The number of rotatable bonds is 1. The summed E-state index contributed by atoms with van der Waals surface area (Å²) in [5.41, 5.74) is 4.79. The summed E-state index contributed by atoms with van der Waals surface area (Å²) < 4.78 is 6.19. The molecule has 94 valence electrons. The molecule has 0 fully saturated rings. The third kappa shape index (κ3) is 3.03. The zero-order chi connectivity index (χ0) is 13.2. The summed E-state index contributed by atoms with van der Waals surface area (Å²) in [4.78, 5) is 3.35. The standard InChI is InChI=1S/C9H7NOS.C6H3Br/c12-9-10-8(6-11-9)7-4-2-1-3-5-7;7-6-2-4-1-5(4)3-6/h1-6H,(H,10,12);1-3H. The highest BCUT2D eigenvalue weighted by Gasteiger charge is 2.11. The first-order valence-corrected chi connectivity index (χ1v) is 6.97. The number of benzene rings is 2. The van der Waals surface area contributed by atoms with Crippen LogP contribution in [0, 0.1) is 4.84 Å². The van der Waals surface area contributed by atoms with Gasteiger partial charge in [-0.25, -0.2) is 0 Å². The van der Waals surface area contributed by atoms with Crippen molar-refractivity contribution in [2.75, 3.05) is 0 Å². The van der Waals surface area contributed by atoms with Crippen LogP contribution in [0.3, 0.4) is 0 Å². The summed E-state index contributed by atoms with van der Waals surface area (Å²) in [5, 5.41) is 0. The zero-order valence-electron chi connectivity index (χ0n) is 9.89. The molecule has 2 aliphatic carbocycles. The molecular formula is C15H10BrNOS. The van der Waals surface area contributed by atoms with E-state index in [9.17, 15) is 0 Å². The topological polar surface area (TPSA) is 28.9 Å². The van der Waals surface area contributed by atoms with Crippen LogP contribution in [0.5, 0.6) is 0 Å². The number of aromatic nitrogens is 1. The minimum atomic E-state index is 0.411. The summed E-state index contributed by atoms with van der Waals surface area (Å²) in [7, 11) is 0. The second kappa shape index (κ2) is 5.15. The average molecular weight is 332 g/mol. The lowest BCUT2D eigenvalue weighted by Crippen LogP contribution is -1.74. The first-order valence-electron chi connectivity index (χ1n) is 5.76. The average Bonchev–Trinajstić information content (AvgIpc) is 2.85. The van der Waals surface area contributed by atoms with Crippen LogP contribution in [0.25, 0.3) is 22.4 Å². The van der Waals surface area contributed by atoms with Crippen LogP contribution in [-0.4, -0.2) is 4.98 Å². The maximum Gasteiger partial charge on any atom is 0.266 e. The summed E-state index contributed by atoms with van der Waals surface area (Å²) in [6, 6.07) is 16.3. The zero-order valence-corrected chi connectivity index (χ0v) is 12.3. The Labute approximate surface area is 124 Å². The molecular weight excluding hydrogens is 322 g/mol. The number of hydrogen-bond acceptors (Lipinski definition) is 2. The second-order valence-electron chi connectivity index (χ2n) is 4.16. The molecule has 0 unspecified atom stereocenters. The van der Waals surface area contributed by atoms with Crippen LogP contribution >= 0.6 is 28.1 Å². The van der Waals surface area contributed by atoms with E-state index in [0.717, 1.165) is 11.3 Å². The highest BCUT2D eigenvalue weighted by atomic mass is 79.9. The highest BCUT2D eigenvalue weighted by Crippen LogP contribution is 2.38. The molecule has 0 atom stereocenters. The minimum Gasteiger partial charge on any atom is -0.437 e. The Morgan fingerprint density at radius 1 is 0.947 bits per heavy atom. The van der Waals surface area contributed by atoms with E-state index in [1.54, 1.807) is 6.26 Å². The molecule has 0 bridgehead atoms. The fraction of sp³-hybridized carbons (Fsp3) is 0. The van der Waals surface area contributed by atoms with Gasteiger partial charge in [-0.2, -0.15) is 0 Å². The molecule has 0 radical (unpaired) electrons. The molecule has 2 aliphatic rings. The van der Waals surface area contributed by atoms with E-state index in [0.29, 0.717) is 4.84 Å². The van der Waals surface area contributed by atoms with Crippen LogP contribution in [0.1, 0.15) is 0 Å². The number of halogens is 1. The van der Waals surface area contributed by atoms with Crippen molar-refractivity contribution in [3.05, 3.63) is 64.1 Å². The van der Waals surface area contributed by atoms with Gasteiger partial charge in [0, 0.05) is 10.0 Å². The van der Waals surface area contributed by atoms with Gasteiger partial charge >= 0.3 is 0 Å². The molecule has 2 aromatic rings. The predicted molar refractivity (Wildman–Crippen MR) is 82.5 cm³/mol. The number of fused-ring (bicyclic) bond motifs is 1. The Balaban J connectivity index is 0.000000132. The fourth-order valence-electron chi connectivity index (χ4n) is 1.76. The van der Waals surface area contributed by atoms with E-state index in [2.05, 4.69) is 39.1 Å². The number of aromatic amines is 1. The van der Waals surface area contributed by atoms with Crippen molar-refractivity contribution in [1.29, 1.82) is 0 Å². The maximum absolute atomic E-state index is 4.98. The van der Waals surface area contributed by atoms with Crippen molar-refractivity contribution in [3.8, 4) is 22.4 Å². The fourth-order valence-corrected chi connectivity index (χ4v) is 2.41. The molecule has 0 spiro atoms. The van der Waals surface area contributed by atoms with Gasteiger partial charge in [0.05, 0.1) is 5.69 Å². The van der Waals surface area contributed by atoms with Crippen molar-refractivity contribution < 1.29 is 4.42 Å². The van der Waals surface area contributed by atoms with E-state index in [1.165, 1.54) is 15.6 Å². The lowest BCUT2D eigenvalue weighted by Gasteiger charge is -1.92. The lowest BCUT2D eigenvalue weighted by atomic mass is 10.2. The quantitative estimate of drug-likeness (QED) is 0.471. The van der Waals surface area contributed by atoms with Gasteiger partial charge in [-0.05, 0) is 41.5 Å². The van der Waals surface area contributed by atoms with Crippen LogP contribution in [-0.2, 0) is 0 Å². The van der Waals surface area contributed by atoms with Gasteiger partial charge in [-0.3, -0.25) is 0 Å². The van der Waals surface area contributed by atoms with Gasteiger partial charge in [0.1, 0.15) is 6.26 Å². The van der Waals surface area contributed by atoms with Gasteiger partial charge in [0.25, 0.3) is 4.84 Å². The largest absolute Gasteiger partial charge is 0.437 e. The molecule has 1 aromatic heterocycles. The molecule has 0 amide bonds. The number of nitrogens with one attached hydrogen (secondary N) is 1. The summed E-state index contributed by atoms with van der Waals surface area (Å²) in [5.74, 6) is 0. The van der Waals surface area contributed by atoms with Gasteiger partial charge in [-0.1, -0.05) is 46.3 Å². The molecule has 4 rings (SSSR count). The molecule has 0 saturated carbocycles. The third-order valence-corrected chi connectivity index (χ3v) is 3.41. The van der Waals surface area contributed by atoms with E-state index >= 15 is 0 Å². The number of hydrogen-bond donors (Lipinski definition) is 1. The Bertz CT molecular complexity index is 741. The molecule has 2 nitrogen and oxygen atoms in total. The predicted octanol–water partition coefficient (Wildman–Crippen LogP) is 5.43. The molecule has 1 N–H and O–H groups in total. The van der Waals surface area contributed by atoms with E-state index in [1.807, 2.05) is 30.3 Å². The third-order valence-electron chi connectivity index (χ3n) is 2.75. The number of oxazole rings is 1. The van der Waals surface area contributed by atoms with Crippen molar-refractivity contribution in [3.63, 3.8) is 0 Å². The highest BCUT2D eigenvalue weighted by molar-refractivity contribution is 9.10. The lowest BCUT2D eigenvalue weighted by molar-refractivity contribution is 0.541. The molecule has 19 heavy (non-hydrogen) atoms. The van der Waals surface area contributed by atoms with Gasteiger partial charge in [-0.15, -0.1) is 0 Å². The maximum atomic E-state index is 4.98. The summed E-state index contributed by atoms with van der Waals surface area (Å²) in [6.45, 7) is 0. The van der Waals surface area contributed by atoms with Gasteiger partial charge in [0.15, 0.2) is 0 Å². The van der Waals surface area contributed by atoms with Crippen molar-refractivity contribution >= 4 is 28.1 Å². The Kier molecular flexibility index (Phi) is 3.36. The summed E-state index contributed by atoms with van der Waals surface area (Å²) in [6.07, 6.45) is 1.62. The molecule has 0 saturated heterocycles. The van der Waals surface area contributed by atoms with Crippen molar-refractivity contribution in [1.82, 2.24) is 4.98 Å². The SMILES string of the molecule is Brc1cc2cc-2c1.S=c1[nH]c(-c2ccccc2)co1. The van der Waals surface area contributed by atoms with E-state index < -0.39 is 0 Å². The van der Waals surface area contributed by atoms with E-state index in [-0.39, 0.29) is 0 Å². The van der Waals surface area contributed by atoms with Gasteiger partial charge < -0.3 is 9.40 Å². The van der Waals surface area contributed by atoms with Crippen LogP contribution in [0.4, 0.5) is 0 Å².